The molecule has 0 bridgehead atoms. The molecule has 5 nitrogen and oxygen atoms in total. The first kappa shape index (κ1) is 22.2. The molecular weight excluding hydrogens is 483 g/mol. The van der Waals surface area contributed by atoms with E-state index in [9.17, 15) is 0 Å². The third kappa shape index (κ3) is 5.47. The van der Waals surface area contributed by atoms with Crippen LogP contribution >= 0.6 is 46.9 Å². The van der Waals surface area contributed by atoms with E-state index in [2.05, 4.69) is 33.2 Å². The summed E-state index contributed by atoms with van der Waals surface area (Å²) in [4.78, 5) is 10.6. The number of hydrogen-bond acceptors (Lipinski definition) is 4. The zero-order valence-electron chi connectivity index (χ0n) is 15.7. The Bertz CT molecular complexity index is 586. The first-order chi connectivity index (χ1) is 12.1. The Labute approximate surface area is 183 Å². The number of ether oxygens (including phenoxy) is 1. The highest BCUT2D eigenvalue weighted by Crippen LogP contribution is 2.31. The van der Waals surface area contributed by atoms with Gasteiger partial charge in [0.1, 0.15) is 0 Å². The van der Waals surface area contributed by atoms with Gasteiger partial charge in [-0.15, -0.1) is 35.3 Å². The van der Waals surface area contributed by atoms with Crippen molar-refractivity contribution in [3.8, 4) is 0 Å². The summed E-state index contributed by atoms with van der Waals surface area (Å²) >= 11 is 7.67. The number of nitrogens with zero attached hydrogens (tertiary/aromatic N) is 3. The molecule has 0 amide bonds. The van der Waals surface area contributed by atoms with Gasteiger partial charge in [-0.05, 0) is 50.9 Å². The van der Waals surface area contributed by atoms with Gasteiger partial charge in [-0.3, -0.25) is 9.89 Å². The standard InChI is InChI=1S/C18H29ClN4OS.HI/c1-20-17(22(2)13-15-5-6-16(19)25-15)21-14-18(7-11-24-12-8-18)23-9-3-4-10-23;/h5-6H,3-4,7-14H2,1-2H3,(H,20,21);1H. The molecule has 0 unspecified atom stereocenters. The monoisotopic (exact) mass is 512 g/mol. The highest BCUT2D eigenvalue weighted by molar-refractivity contribution is 14.0. The van der Waals surface area contributed by atoms with Crippen molar-refractivity contribution in [1.82, 2.24) is 15.1 Å². The number of hydrogen-bond donors (Lipinski definition) is 1. The molecule has 0 atom stereocenters. The minimum atomic E-state index is 0. The molecule has 8 heteroatoms. The molecule has 148 valence electrons. The van der Waals surface area contributed by atoms with Crippen molar-refractivity contribution < 1.29 is 4.74 Å². The normalized spacial score (nSPS) is 20.7. The van der Waals surface area contributed by atoms with E-state index in [-0.39, 0.29) is 29.5 Å². The summed E-state index contributed by atoms with van der Waals surface area (Å²) in [5.41, 5.74) is 0.206. The highest BCUT2D eigenvalue weighted by atomic mass is 127. The second-order valence-corrected chi connectivity index (χ2v) is 8.79. The number of nitrogens with one attached hydrogen (secondary N) is 1. The van der Waals surface area contributed by atoms with Crippen molar-refractivity contribution in [2.45, 2.75) is 37.8 Å². The Morgan fingerprint density at radius 1 is 1.35 bits per heavy atom. The molecule has 1 N–H and O–H groups in total. The summed E-state index contributed by atoms with van der Waals surface area (Å²) in [6.07, 6.45) is 4.83. The van der Waals surface area contributed by atoms with Crippen LogP contribution in [0.3, 0.4) is 0 Å². The highest BCUT2D eigenvalue weighted by Gasteiger charge is 2.39. The van der Waals surface area contributed by atoms with Crippen LogP contribution in [-0.2, 0) is 11.3 Å². The fourth-order valence-electron chi connectivity index (χ4n) is 3.92. The SMILES string of the molecule is CN=C(NCC1(N2CCCC2)CCOCC1)N(C)Cc1ccc(Cl)s1.I. The molecule has 1 aromatic rings. The third-order valence-corrected chi connectivity index (χ3v) is 6.59. The number of thiophene rings is 1. The predicted octanol–water partition coefficient (Wildman–Crippen LogP) is 3.67. The number of guanidine groups is 1. The van der Waals surface area contributed by atoms with Crippen molar-refractivity contribution in [3.05, 3.63) is 21.3 Å². The Kier molecular flexibility index (Phi) is 8.93. The molecule has 2 aliphatic heterocycles. The summed E-state index contributed by atoms with van der Waals surface area (Å²) in [6.45, 7) is 5.89. The number of likely N-dealkylation sites (tertiary alicyclic amines) is 1. The van der Waals surface area contributed by atoms with E-state index in [1.807, 2.05) is 13.1 Å². The summed E-state index contributed by atoms with van der Waals surface area (Å²) in [6, 6.07) is 4.04. The van der Waals surface area contributed by atoms with Crippen molar-refractivity contribution >= 4 is 52.9 Å². The zero-order valence-corrected chi connectivity index (χ0v) is 19.6. The zero-order chi connectivity index (χ0) is 17.7. The second kappa shape index (κ2) is 10.5. The van der Waals surface area contributed by atoms with Crippen molar-refractivity contribution in [3.63, 3.8) is 0 Å². The average Bonchev–Trinajstić information content (AvgIpc) is 3.28. The quantitative estimate of drug-likeness (QED) is 0.371. The predicted molar refractivity (Wildman–Crippen MR) is 121 cm³/mol. The van der Waals surface area contributed by atoms with E-state index in [1.54, 1.807) is 11.3 Å². The number of aliphatic imine (C=N–C) groups is 1. The van der Waals surface area contributed by atoms with E-state index in [0.717, 1.165) is 49.4 Å². The van der Waals surface area contributed by atoms with Crippen LogP contribution in [0, 0.1) is 0 Å². The van der Waals surface area contributed by atoms with Gasteiger partial charge in [0.15, 0.2) is 5.96 Å². The van der Waals surface area contributed by atoms with Crippen LogP contribution in [0.5, 0.6) is 0 Å². The van der Waals surface area contributed by atoms with Gasteiger partial charge in [-0.1, -0.05) is 11.6 Å². The second-order valence-electron chi connectivity index (χ2n) is 6.99. The first-order valence-corrected chi connectivity index (χ1v) is 10.3. The van der Waals surface area contributed by atoms with Crippen molar-refractivity contribution in [2.24, 2.45) is 4.99 Å². The molecule has 0 aliphatic carbocycles. The molecule has 2 aliphatic rings. The van der Waals surface area contributed by atoms with Crippen molar-refractivity contribution in [1.29, 1.82) is 0 Å². The van der Waals surface area contributed by atoms with Gasteiger partial charge in [0.05, 0.1) is 10.9 Å². The van der Waals surface area contributed by atoms with Gasteiger partial charge in [0.25, 0.3) is 0 Å². The number of halogens is 2. The van der Waals surface area contributed by atoms with Crippen molar-refractivity contribution in [2.75, 3.05) is 46.9 Å². The molecule has 2 saturated heterocycles. The van der Waals surface area contributed by atoms with E-state index < -0.39 is 0 Å². The van der Waals surface area contributed by atoms with Crippen LogP contribution in [0.1, 0.15) is 30.6 Å². The third-order valence-electron chi connectivity index (χ3n) is 5.37. The summed E-state index contributed by atoms with van der Waals surface area (Å²) in [5, 5.41) is 3.63. The molecule has 3 heterocycles. The smallest absolute Gasteiger partial charge is 0.193 e. The lowest BCUT2D eigenvalue weighted by Crippen LogP contribution is -2.58. The van der Waals surface area contributed by atoms with Crippen LogP contribution in [0.15, 0.2) is 17.1 Å². The van der Waals surface area contributed by atoms with Crippen LogP contribution in [-0.4, -0.2) is 68.2 Å². The lowest BCUT2D eigenvalue weighted by atomic mass is 9.88. The summed E-state index contributed by atoms with van der Waals surface area (Å²) in [7, 11) is 3.93. The molecule has 0 spiro atoms. The average molecular weight is 513 g/mol. The molecule has 3 rings (SSSR count). The lowest BCUT2D eigenvalue weighted by molar-refractivity contribution is -0.0166. The molecule has 0 radical (unpaired) electrons. The van der Waals surface area contributed by atoms with Gasteiger partial charge in [-0.25, -0.2) is 0 Å². The van der Waals surface area contributed by atoms with Crippen LogP contribution in [0.2, 0.25) is 4.34 Å². The first-order valence-electron chi connectivity index (χ1n) is 9.12. The van der Waals surface area contributed by atoms with Gasteiger partial charge in [0, 0.05) is 44.3 Å². The molecule has 26 heavy (non-hydrogen) atoms. The van der Waals surface area contributed by atoms with E-state index in [0.29, 0.717) is 0 Å². The molecule has 1 aromatic heterocycles. The van der Waals surface area contributed by atoms with E-state index in [1.165, 1.54) is 30.8 Å². The Morgan fingerprint density at radius 3 is 2.62 bits per heavy atom. The maximum absolute atomic E-state index is 6.05. The topological polar surface area (TPSA) is 40.1 Å². The minimum Gasteiger partial charge on any atom is -0.381 e. The van der Waals surface area contributed by atoms with Gasteiger partial charge >= 0.3 is 0 Å². The number of rotatable bonds is 5. The minimum absolute atomic E-state index is 0. The molecule has 0 saturated carbocycles. The maximum atomic E-state index is 6.05. The molecular formula is C18H30ClIN4OS. The largest absolute Gasteiger partial charge is 0.381 e. The van der Waals surface area contributed by atoms with Crippen LogP contribution < -0.4 is 5.32 Å². The van der Waals surface area contributed by atoms with Crippen LogP contribution in [0.4, 0.5) is 0 Å². The molecule has 0 aromatic carbocycles. The van der Waals surface area contributed by atoms with Gasteiger partial charge in [-0.2, -0.15) is 0 Å². The Balaban J connectivity index is 0.00000243. The Morgan fingerprint density at radius 2 is 2.04 bits per heavy atom. The fraction of sp³-hybridized carbons (Fsp3) is 0.722. The van der Waals surface area contributed by atoms with Gasteiger partial charge < -0.3 is 15.0 Å². The summed E-state index contributed by atoms with van der Waals surface area (Å²) in [5.74, 6) is 0.939. The fourth-order valence-corrected chi connectivity index (χ4v) is 5.06. The summed E-state index contributed by atoms with van der Waals surface area (Å²) < 4.78 is 6.47. The van der Waals surface area contributed by atoms with E-state index in [4.69, 9.17) is 16.3 Å². The maximum Gasteiger partial charge on any atom is 0.193 e. The Hall–Kier alpha value is -0.0900. The molecule has 2 fully saturated rings. The van der Waals surface area contributed by atoms with E-state index >= 15 is 0 Å². The lowest BCUT2D eigenvalue weighted by Gasteiger charge is -2.45. The van der Waals surface area contributed by atoms with Crippen LogP contribution in [0.25, 0.3) is 0 Å². The van der Waals surface area contributed by atoms with Gasteiger partial charge in [0.2, 0.25) is 0 Å².